The highest BCUT2D eigenvalue weighted by Gasteiger charge is 2.33. The third-order valence-electron chi connectivity index (χ3n) is 3.92. The Morgan fingerprint density at radius 3 is 2.67 bits per heavy atom. The molecule has 2 aliphatic rings. The van der Waals surface area contributed by atoms with Crippen molar-refractivity contribution in [2.45, 2.75) is 43.2 Å². The Hall–Kier alpha value is -0.910. The molecule has 1 fully saturated rings. The van der Waals surface area contributed by atoms with Gasteiger partial charge >= 0.3 is 0 Å². The molecule has 1 aliphatic carbocycles. The molecule has 0 bridgehead atoms. The fourth-order valence-corrected chi connectivity index (χ4v) is 4.54. The second-order valence-corrected chi connectivity index (χ2v) is 7.00. The van der Waals surface area contributed by atoms with Crippen molar-refractivity contribution in [2.24, 2.45) is 5.73 Å². The fourth-order valence-electron chi connectivity index (χ4n) is 2.91. The van der Waals surface area contributed by atoms with Crippen molar-refractivity contribution in [1.82, 2.24) is 4.31 Å². The van der Waals surface area contributed by atoms with Crippen LogP contribution in [0.5, 0.6) is 0 Å². The minimum atomic E-state index is -3.40. The van der Waals surface area contributed by atoms with E-state index in [9.17, 15) is 8.42 Å². The van der Waals surface area contributed by atoms with Gasteiger partial charge in [0, 0.05) is 6.54 Å². The number of fused-ring (bicyclic) bond motifs is 1. The Balaban J connectivity index is 1.99. The molecule has 1 heterocycles. The molecule has 1 aliphatic heterocycles. The topological polar surface area (TPSA) is 63.4 Å². The van der Waals surface area contributed by atoms with Gasteiger partial charge in [-0.2, -0.15) is 4.31 Å². The lowest BCUT2D eigenvalue weighted by molar-refractivity contribution is 0.396. The molecule has 0 amide bonds. The Morgan fingerprint density at radius 1 is 1.17 bits per heavy atom. The molecule has 1 aromatic carbocycles. The number of hydrogen-bond acceptors (Lipinski definition) is 3. The molecule has 0 saturated carbocycles. The molecule has 1 atom stereocenters. The fraction of sp³-hybridized carbons (Fsp3) is 0.538. The molecule has 1 saturated heterocycles. The highest BCUT2D eigenvalue weighted by atomic mass is 32.2. The Bertz CT molecular complexity index is 568. The predicted octanol–water partition coefficient (Wildman–Crippen LogP) is 1.24. The minimum Gasteiger partial charge on any atom is -0.315 e. The van der Waals surface area contributed by atoms with Crippen LogP contribution in [0.3, 0.4) is 0 Å². The summed E-state index contributed by atoms with van der Waals surface area (Å²) in [6.45, 7) is 0.542. The number of nitrogens with two attached hydrogens (primary N) is 1. The molecular formula is C13H18N2O2S. The summed E-state index contributed by atoms with van der Waals surface area (Å²) in [4.78, 5) is 0.403. The van der Waals surface area contributed by atoms with E-state index in [0.29, 0.717) is 11.4 Å². The van der Waals surface area contributed by atoms with Gasteiger partial charge in [0.15, 0.2) is 0 Å². The zero-order valence-electron chi connectivity index (χ0n) is 10.3. The van der Waals surface area contributed by atoms with Gasteiger partial charge in [0.2, 0.25) is 10.0 Å². The number of hydrogen-bond donors (Lipinski definition) is 1. The largest absolute Gasteiger partial charge is 0.315 e. The lowest BCUT2D eigenvalue weighted by Gasteiger charge is -2.21. The lowest BCUT2D eigenvalue weighted by atomic mass is 10.1. The van der Waals surface area contributed by atoms with Crippen LogP contribution >= 0.6 is 0 Å². The van der Waals surface area contributed by atoms with Crippen molar-refractivity contribution in [1.29, 1.82) is 0 Å². The minimum absolute atomic E-state index is 0.358. The first-order valence-electron chi connectivity index (χ1n) is 6.48. The first-order valence-corrected chi connectivity index (χ1v) is 7.92. The summed E-state index contributed by atoms with van der Waals surface area (Å²) in [6, 6.07) is 5.52. The van der Waals surface area contributed by atoms with Crippen LogP contribution in [0.4, 0.5) is 0 Å². The van der Waals surface area contributed by atoms with Crippen LogP contribution in [0.2, 0.25) is 0 Å². The molecule has 4 nitrogen and oxygen atoms in total. The first kappa shape index (κ1) is 12.1. The number of nitrogens with zero attached hydrogens (tertiary/aromatic N) is 1. The summed E-state index contributed by atoms with van der Waals surface area (Å²) in [5, 5.41) is 0. The van der Waals surface area contributed by atoms with Gasteiger partial charge in [-0.3, -0.25) is 0 Å². The van der Waals surface area contributed by atoms with Crippen molar-refractivity contribution < 1.29 is 8.42 Å². The molecule has 98 valence electrons. The highest BCUT2D eigenvalue weighted by molar-refractivity contribution is 7.89. The van der Waals surface area contributed by atoms with Gasteiger partial charge in [-0.25, -0.2) is 8.42 Å². The molecule has 0 radical (unpaired) electrons. The first-order chi connectivity index (χ1) is 8.59. The van der Waals surface area contributed by atoms with Crippen LogP contribution in [-0.4, -0.2) is 25.4 Å². The van der Waals surface area contributed by atoms with Gasteiger partial charge in [-0.15, -0.1) is 0 Å². The smallest absolute Gasteiger partial charge is 0.244 e. The molecule has 18 heavy (non-hydrogen) atoms. The Labute approximate surface area is 108 Å². The summed E-state index contributed by atoms with van der Waals surface area (Å²) < 4.78 is 26.4. The molecule has 1 unspecified atom stereocenters. The molecule has 0 spiro atoms. The van der Waals surface area contributed by atoms with Crippen LogP contribution in [0, 0.1) is 0 Å². The average molecular weight is 266 g/mol. The van der Waals surface area contributed by atoms with E-state index in [2.05, 4.69) is 0 Å². The molecule has 5 heteroatoms. The highest BCUT2D eigenvalue weighted by Crippen LogP contribution is 2.28. The molecular weight excluding hydrogens is 248 g/mol. The number of aryl methyl sites for hydroxylation is 2. The van der Waals surface area contributed by atoms with E-state index in [1.807, 2.05) is 12.1 Å². The predicted molar refractivity (Wildman–Crippen MR) is 69.6 cm³/mol. The van der Waals surface area contributed by atoms with Crippen LogP contribution in [0.15, 0.2) is 23.1 Å². The van der Waals surface area contributed by atoms with Gasteiger partial charge in [-0.05, 0) is 55.4 Å². The second kappa shape index (κ2) is 4.33. The summed E-state index contributed by atoms with van der Waals surface area (Å²) in [7, 11) is -3.40. The Morgan fingerprint density at radius 2 is 1.94 bits per heavy atom. The van der Waals surface area contributed by atoms with Crippen molar-refractivity contribution in [3.63, 3.8) is 0 Å². The van der Waals surface area contributed by atoms with E-state index < -0.39 is 10.0 Å². The van der Waals surface area contributed by atoms with E-state index in [1.165, 1.54) is 15.4 Å². The van der Waals surface area contributed by atoms with E-state index in [1.54, 1.807) is 6.07 Å². The van der Waals surface area contributed by atoms with E-state index in [4.69, 9.17) is 5.73 Å². The average Bonchev–Trinajstić information content (AvgIpc) is 2.95. The molecule has 0 aromatic heterocycles. The zero-order valence-corrected chi connectivity index (χ0v) is 11.1. The normalized spacial score (nSPS) is 24.4. The summed E-state index contributed by atoms with van der Waals surface area (Å²) in [5.74, 6) is 0. The monoisotopic (exact) mass is 266 g/mol. The van der Waals surface area contributed by atoms with Gasteiger partial charge in [0.05, 0.1) is 11.1 Å². The van der Waals surface area contributed by atoms with Gasteiger partial charge in [0.1, 0.15) is 0 Å². The molecule has 1 aromatic rings. The van der Waals surface area contributed by atoms with Crippen LogP contribution < -0.4 is 5.73 Å². The van der Waals surface area contributed by atoms with Crippen molar-refractivity contribution >= 4 is 10.0 Å². The summed E-state index contributed by atoms with van der Waals surface area (Å²) in [6.07, 6.45) is 4.43. The SMILES string of the molecule is NC1CCCN1S(=O)(=O)c1ccc2c(c1)CCC2. The molecule has 3 rings (SSSR count). The quantitative estimate of drug-likeness (QED) is 0.876. The van der Waals surface area contributed by atoms with Gasteiger partial charge in [0.25, 0.3) is 0 Å². The number of rotatable bonds is 2. The molecule has 2 N–H and O–H groups in total. The van der Waals surface area contributed by atoms with Crippen molar-refractivity contribution in [3.05, 3.63) is 29.3 Å². The van der Waals surface area contributed by atoms with Gasteiger partial charge in [-0.1, -0.05) is 6.07 Å². The standard InChI is InChI=1S/C13H18N2O2S/c14-13-5-2-8-15(13)18(16,17)12-7-6-10-3-1-4-11(10)9-12/h6-7,9,13H,1-5,8,14H2. The zero-order chi connectivity index (χ0) is 12.8. The third-order valence-corrected chi connectivity index (χ3v) is 5.85. The van der Waals surface area contributed by atoms with E-state index in [0.717, 1.165) is 32.1 Å². The van der Waals surface area contributed by atoms with E-state index in [-0.39, 0.29) is 6.17 Å². The Kier molecular flexibility index (Phi) is 2.92. The van der Waals surface area contributed by atoms with E-state index >= 15 is 0 Å². The van der Waals surface area contributed by atoms with Crippen LogP contribution in [0.1, 0.15) is 30.4 Å². The van der Waals surface area contributed by atoms with Gasteiger partial charge < -0.3 is 5.73 Å². The third kappa shape index (κ3) is 1.86. The second-order valence-electron chi connectivity index (χ2n) is 5.11. The van der Waals surface area contributed by atoms with Crippen LogP contribution in [-0.2, 0) is 22.9 Å². The number of benzene rings is 1. The summed E-state index contributed by atoms with van der Waals surface area (Å²) >= 11 is 0. The van der Waals surface area contributed by atoms with Crippen molar-refractivity contribution in [3.8, 4) is 0 Å². The lowest BCUT2D eigenvalue weighted by Crippen LogP contribution is -2.40. The maximum atomic E-state index is 12.5. The number of sulfonamides is 1. The summed E-state index contributed by atoms with van der Waals surface area (Å²) in [5.41, 5.74) is 8.34. The van der Waals surface area contributed by atoms with Crippen molar-refractivity contribution in [2.75, 3.05) is 6.54 Å². The maximum Gasteiger partial charge on any atom is 0.244 e. The maximum absolute atomic E-state index is 12.5. The van der Waals surface area contributed by atoms with Crippen LogP contribution in [0.25, 0.3) is 0 Å².